The first-order valence-corrected chi connectivity index (χ1v) is 5.97. The normalized spacial score (nSPS) is 12.7. The van der Waals surface area contributed by atoms with Gasteiger partial charge in [-0.1, -0.05) is 13.8 Å². The summed E-state index contributed by atoms with van der Waals surface area (Å²) in [5.74, 6) is 0.720. The van der Waals surface area contributed by atoms with Crippen molar-refractivity contribution in [1.82, 2.24) is 25.8 Å². The molecule has 1 heterocycles. The molecule has 1 unspecified atom stereocenters. The third-order valence-electron chi connectivity index (χ3n) is 2.35. The smallest absolute Gasteiger partial charge is 0.220 e. The number of aromatic nitrogens is 3. The van der Waals surface area contributed by atoms with Gasteiger partial charge in [-0.2, -0.15) is 5.10 Å². The molecule has 6 nitrogen and oxygen atoms in total. The number of carbonyl (C=O) groups is 1. The second-order valence-corrected chi connectivity index (χ2v) is 4.37. The Hall–Kier alpha value is -1.43. The molecule has 0 saturated heterocycles. The zero-order chi connectivity index (χ0) is 12.7. The molecule has 6 heteroatoms. The van der Waals surface area contributed by atoms with Gasteiger partial charge in [-0.25, -0.2) is 4.98 Å². The van der Waals surface area contributed by atoms with E-state index >= 15 is 0 Å². The second kappa shape index (κ2) is 7.01. The number of rotatable bonds is 7. The van der Waals surface area contributed by atoms with Crippen LogP contribution in [0.25, 0.3) is 0 Å². The van der Waals surface area contributed by atoms with E-state index in [1.807, 2.05) is 6.92 Å². The van der Waals surface area contributed by atoms with Crippen LogP contribution >= 0.6 is 0 Å². The van der Waals surface area contributed by atoms with E-state index in [0.29, 0.717) is 18.3 Å². The molecule has 0 aromatic carbocycles. The maximum absolute atomic E-state index is 11.6. The van der Waals surface area contributed by atoms with Gasteiger partial charge in [0, 0.05) is 12.5 Å². The van der Waals surface area contributed by atoms with E-state index in [2.05, 4.69) is 39.7 Å². The van der Waals surface area contributed by atoms with E-state index in [1.165, 1.54) is 6.33 Å². The van der Waals surface area contributed by atoms with Crippen molar-refractivity contribution >= 4 is 5.91 Å². The lowest BCUT2D eigenvalue weighted by atomic mass is 10.2. The predicted molar refractivity (Wildman–Crippen MR) is 65.3 cm³/mol. The van der Waals surface area contributed by atoms with Crippen molar-refractivity contribution in [1.29, 1.82) is 0 Å². The summed E-state index contributed by atoms with van der Waals surface area (Å²) in [5.41, 5.74) is 0. The van der Waals surface area contributed by atoms with E-state index in [1.54, 1.807) is 0 Å². The number of aromatic amines is 1. The highest BCUT2D eigenvalue weighted by Crippen LogP contribution is 2.04. The first-order valence-electron chi connectivity index (χ1n) is 5.97. The van der Waals surface area contributed by atoms with Gasteiger partial charge >= 0.3 is 0 Å². The number of nitrogens with zero attached hydrogens (tertiary/aromatic N) is 2. The fourth-order valence-corrected chi connectivity index (χ4v) is 1.45. The minimum Gasteiger partial charge on any atom is -0.346 e. The lowest BCUT2D eigenvalue weighted by Crippen LogP contribution is -2.29. The van der Waals surface area contributed by atoms with Crippen LogP contribution in [0.1, 0.15) is 45.5 Å². The highest BCUT2D eigenvalue weighted by atomic mass is 16.1. The lowest BCUT2D eigenvalue weighted by molar-refractivity contribution is -0.121. The number of amides is 1. The molecule has 0 aliphatic heterocycles. The second-order valence-electron chi connectivity index (χ2n) is 4.37. The first-order chi connectivity index (χ1) is 8.09. The van der Waals surface area contributed by atoms with Crippen molar-refractivity contribution in [2.24, 2.45) is 0 Å². The molecule has 96 valence electrons. The van der Waals surface area contributed by atoms with Crippen LogP contribution in [0.15, 0.2) is 6.33 Å². The van der Waals surface area contributed by atoms with Crippen LogP contribution in [0.4, 0.5) is 0 Å². The Bertz CT molecular complexity index is 323. The van der Waals surface area contributed by atoms with Crippen molar-refractivity contribution in [2.75, 3.05) is 6.54 Å². The zero-order valence-corrected chi connectivity index (χ0v) is 10.7. The molecule has 17 heavy (non-hydrogen) atoms. The van der Waals surface area contributed by atoms with Gasteiger partial charge in [0.15, 0.2) is 0 Å². The van der Waals surface area contributed by atoms with Crippen molar-refractivity contribution in [2.45, 2.75) is 45.7 Å². The maximum Gasteiger partial charge on any atom is 0.220 e. The molecule has 0 radical (unpaired) electrons. The number of nitrogens with one attached hydrogen (secondary N) is 3. The maximum atomic E-state index is 11.6. The first kappa shape index (κ1) is 13.6. The fourth-order valence-electron chi connectivity index (χ4n) is 1.45. The molecule has 0 aliphatic rings. The summed E-state index contributed by atoms with van der Waals surface area (Å²) in [6.07, 6.45) is 2.80. The quantitative estimate of drug-likeness (QED) is 0.613. The van der Waals surface area contributed by atoms with E-state index in [0.717, 1.165) is 13.0 Å². The molecule has 1 aromatic heterocycles. The summed E-state index contributed by atoms with van der Waals surface area (Å²) in [7, 11) is 0. The molecule has 1 amide bonds. The fraction of sp³-hybridized carbons (Fsp3) is 0.727. The minimum absolute atomic E-state index is 0.0412. The van der Waals surface area contributed by atoms with E-state index in [4.69, 9.17) is 0 Å². The molecule has 0 saturated carbocycles. The highest BCUT2D eigenvalue weighted by Gasteiger charge is 2.11. The molecule has 0 aliphatic carbocycles. The van der Waals surface area contributed by atoms with Crippen LogP contribution in [0.3, 0.4) is 0 Å². The molecule has 1 rings (SSSR count). The van der Waals surface area contributed by atoms with E-state index in [-0.39, 0.29) is 11.9 Å². The molecule has 3 N–H and O–H groups in total. The molecule has 0 spiro atoms. The van der Waals surface area contributed by atoms with Gasteiger partial charge in [0.1, 0.15) is 12.2 Å². The average Bonchev–Trinajstić information content (AvgIpc) is 2.77. The molecule has 0 fully saturated rings. The Kier molecular flexibility index (Phi) is 5.62. The van der Waals surface area contributed by atoms with Crippen molar-refractivity contribution in [3.8, 4) is 0 Å². The lowest BCUT2D eigenvalue weighted by Gasteiger charge is -2.11. The predicted octanol–water partition coefficient (Wildman–Crippen LogP) is 0.760. The SMILES string of the molecule is CC(C)NCCCC(=O)NC(C)c1ncn[nH]1. The minimum atomic E-state index is -0.122. The van der Waals surface area contributed by atoms with Crippen molar-refractivity contribution < 1.29 is 4.79 Å². The van der Waals surface area contributed by atoms with Crippen LogP contribution in [0.2, 0.25) is 0 Å². The van der Waals surface area contributed by atoms with Gasteiger partial charge in [-0.05, 0) is 19.9 Å². The van der Waals surface area contributed by atoms with E-state index < -0.39 is 0 Å². The van der Waals surface area contributed by atoms with Gasteiger partial charge in [0.25, 0.3) is 0 Å². The summed E-state index contributed by atoms with van der Waals surface area (Å²) in [4.78, 5) is 15.6. The Labute approximate surface area is 102 Å². The highest BCUT2D eigenvalue weighted by molar-refractivity contribution is 5.76. The van der Waals surface area contributed by atoms with Crippen LogP contribution in [0, 0.1) is 0 Å². The number of H-pyrrole nitrogens is 1. The molecule has 0 bridgehead atoms. The molecular formula is C11H21N5O. The van der Waals surface area contributed by atoms with Crippen molar-refractivity contribution in [3.63, 3.8) is 0 Å². The Balaban J connectivity index is 2.17. The average molecular weight is 239 g/mol. The monoisotopic (exact) mass is 239 g/mol. The van der Waals surface area contributed by atoms with Crippen LogP contribution in [-0.4, -0.2) is 33.7 Å². The van der Waals surface area contributed by atoms with Gasteiger partial charge in [-0.3, -0.25) is 9.89 Å². The summed E-state index contributed by atoms with van der Waals surface area (Å²) >= 11 is 0. The molecular weight excluding hydrogens is 218 g/mol. The summed E-state index contributed by atoms with van der Waals surface area (Å²) in [6, 6.07) is 0.342. The molecule has 1 aromatic rings. The Morgan fingerprint density at radius 3 is 2.82 bits per heavy atom. The van der Waals surface area contributed by atoms with Gasteiger partial charge in [-0.15, -0.1) is 0 Å². The Morgan fingerprint density at radius 2 is 2.24 bits per heavy atom. The largest absolute Gasteiger partial charge is 0.346 e. The number of hydrogen-bond acceptors (Lipinski definition) is 4. The Morgan fingerprint density at radius 1 is 1.47 bits per heavy atom. The summed E-state index contributed by atoms with van der Waals surface area (Å²) in [6.45, 7) is 6.92. The number of hydrogen-bond donors (Lipinski definition) is 3. The van der Waals surface area contributed by atoms with Gasteiger partial charge in [0.05, 0.1) is 6.04 Å². The summed E-state index contributed by atoms with van der Waals surface area (Å²) in [5, 5.41) is 12.6. The zero-order valence-electron chi connectivity index (χ0n) is 10.7. The van der Waals surface area contributed by atoms with Crippen LogP contribution < -0.4 is 10.6 Å². The molecule has 1 atom stereocenters. The third kappa shape index (κ3) is 5.44. The van der Waals surface area contributed by atoms with Gasteiger partial charge < -0.3 is 10.6 Å². The summed E-state index contributed by atoms with van der Waals surface area (Å²) < 4.78 is 0. The topological polar surface area (TPSA) is 82.7 Å². The third-order valence-corrected chi connectivity index (χ3v) is 2.35. The van der Waals surface area contributed by atoms with Crippen LogP contribution in [0.5, 0.6) is 0 Å². The van der Waals surface area contributed by atoms with Crippen molar-refractivity contribution in [3.05, 3.63) is 12.2 Å². The standard InChI is InChI=1S/C11H21N5O/c1-8(2)12-6-4-5-10(17)15-9(3)11-13-7-14-16-11/h7-9,12H,4-6H2,1-3H3,(H,15,17)(H,13,14,16). The van der Waals surface area contributed by atoms with Gasteiger partial charge in [0.2, 0.25) is 5.91 Å². The number of carbonyl (C=O) groups excluding carboxylic acids is 1. The van der Waals surface area contributed by atoms with E-state index in [9.17, 15) is 4.79 Å². The van der Waals surface area contributed by atoms with Crippen LogP contribution in [-0.2, 0) is 4.79 Å².